The summed E-state index contributed by atoms with van der Waals surface area (Å²) in [6, 6.07) is 13.4. The Kier molecular flexibility index (Phi) is 10.0. The number of hydrogen-bond acceptors (Lipinski definition) is 9. The van der Waals surface area contributed by atoms with E-state index in [4.69, 9.17) is 14.2 Å². The summed E-state index contributed by atoms with van der Waals surface area (Å²) in [4.78, 5) is 53.8. The van der Waals surface area contributed by atoms with Crippen molar-refractivity contribution in [3.05, 3.63) is 91.7 Å². The second kappa shape index (κ2) is 14.5. The molecule has 0 aliphatic heterocycles. The number of carbonyl (C=O) groups excluding carboxylic acids is 4. The van der Waals surface area contributed by atoms with Crippen LogP contribution >= 0.6 is 22.7 Å². The standard InChI is InChI=1S/C36H36N2O7S2/c1-43-35(41)29-25-9-5-3-7-11-27(25)46-33(29)37-31(39)21-13-17-23(18-14-21)45-24-19-15-22(16-20-24)32(40)38-34-30(36(42)44-2)26-10-6-4-8-12-28(26)47-34/h13-20H,3-12H2,1-2H3,(H,37,39)(H,38,40). The van der Waals surface area contributed by atoms with E-state index in [0.29, 0.717) is 43.8 Å². The second-order valence-electron chi connectivity index (χ2n) is 11.6. The maximum absolute atomic E-state index is 13.1. The number of amides is 2. The van der Waals surface area contributed by atoms with E-state index in [1.54, 1.807) is 48.5 Å². The van der Waals surface area contributed by atoms with Crippen LogP contribution in [0, 0.1) is 0 Å². The Morgan fingerprint density at radius 2 is 0.936 bits per heavy atom. The van der Waals surface area contributed by atoms with Gasteiger partial charge in [-0.2, -0.15) is 0 Å². The molecule has 2 aliphatic rings. The lowest BCUT2D eigenvalue weighted by atomic mass is 10.1. The fourth-order valence-electron chi connectivity index (χ4n) is 6.13. The molecule has 4 aromatic rings. The Bertz CT molecular complexity index is 1670. The number of nitrogens with one attached hydrogen (secondary N) is 2. The van der Waals surface area contributed by atoms with Crippen molar-refractivity contribution in [3.63, 3.8) is 0 Å². The van der Waals surface area contributed by atoms with E-state index in [2.05, 4.69) is 10.6 Å². The van der Waals surface area contributed by atoms with Crippen LogP contribution in [0.3, 0.4) is 0 Å². The fraction of sp³-hybridized carbons (Fsp3) is 0.333. The highest BCUT2D eigenvalue weighted by Gasteiger charge is 2.28. The third kappa shape index (κ3) is 7.11. The lowest BCUT2D eigenvalue weighted by Gasteiger charge is -2.10. The van der Waals surface area contributed by atoms with Crippen molar-refractivity contribution in [1.29, 1.82) is 0 Å². The molecular formula is C36H36N2O7S2. The average Bonchev–Trinajstić information content (AvgIpc) is 3.36. The first-order valence-electron chi connectivity index (χ1n) is 15.8. The molecular weight excluding hydrogens is 637 g/mol. The summed E-state index contributed by atoms with van der Waals surface area (Å²) >= 11 is 2.91. The van der Waals surface area contributed by atoms with Crippen molar-refractivity contribution in [2.45, 2.75) is 64.2 Å². The van der Waals surface area contributed by atoms with Crippen LogP contribution in [0.25, 0.3) is 0 Å². The molecule has 2 aromatic carbocycles. The van der Waals surface area contributed by atoms with Crippen LogP contribution in [0.2, 0.25) is 0 Å². The average molecular weight is 673 g/mol. The molecule has 2 aromatic heterocycles. The Morgan fingerprint density at radius 1 is 0.553 bits per heavy atom. The van der Waals surface area contributed by atoms with Gasteiger partial charge in [0.2, 0.25) is 0 Å². The Morgan fingerprint density at radius 3 is 1.32 bits per heavy atom. The fourth-order valence-corrected chi connectivity index (χ4v) is 8.68. The van der Waals surface area contributed by atoms with Crippen LogP contribution in [-0.2, 0) is 35.2 Å². The molecule has 2 amide bonds. The van der Waals surface area contributed by atoms with Gasteiger partial charge >= 0.3 is 11.9 Å². The van der Waals surface area contributed by atoms with E-state index in [1.165, 1.54) is 36.9 Å². The number of fused-ring (bicyclic) bond motifs is 2. The van der Waals surface area contributed by atoms with Crippen LogP contribution < -0.4 is 15.4 Å². The van der Waals surface area contributed by atoms with E-state index in [0.717, 1.165) is 85.1 Å². The number of esters is 2. The van der Waals surface area contributed by atoms with Crippen molar-refractivity contribution in [3.8, 4) is 11.5 Å². The molecule has 2 heterocycles. The Hall–Kier alpha value is -4.48. The van der Waals surface area contributed by atoms with Gasteiger partial charge in [0.25, 0.3) is 11.8 Å². The highest BCUT2D eigenvalue weighted by Crippen LogP contribution is 2.39. The number of aryl methyl sites for hydroxylation is 2. The topological polar surface area (TPSA) is 120 Å². The van der Waals surface area contributed by atoms with E-state index in [-0.39, 0.29) is 11.8 Å². The molecule has 6 rings (SSSR count). The van der Waals surface area contributed by atoms with Crippen molar-refractivity contribution < 1.29 is 33.4 Å². The number of hydrogen-bond donors (Lipinski definition) is 2. The molecule has 11 heteroatoms. The summed E-state index contributed by atoms with van der Waals surface area (Å²) in [5.41, 5.74) is 3.76. The Labute approximate surface area is 281 Å². The van der Waals surface area contributed by atoms with Crippen LogP contribution in [0.1, 0.15) is 101 Å². The SMILES string of the molecule is COC(=O)c1c(NC(=O)c2ccc(Oc3ccc(C(=O)Nc4sc5c(c4C(=O)OC)CCCCC5)cc3)cc2)sc2c1CCCCC2. The van der Waals surface area contributed by atoms with Crippen molar-refractivity contribution in [1.82, 2.24) is 0 Å². The zero-order valence-corrected chi connectivity index (χ0v) is 28.0. The van der Waals surface area contributed by atoms with Crippen LogP contribution in [-0.4, -0.2) is 38.0 Å². The van der Waals surface area contributed by atoms with Crippen LogP contribution in [0.5, 0.6) is 11.5 Å². The highest BCUT2D eigenvalue weighted by atomic mass is 32.1. The Balaban J connectivity index is 1.10. The minimum Gasteiger partial charge on any atom is -0.465 e. The van der Waals surface area contributed by atoms with E-state index in [9.17, 15) is 19.2 Å². The maximum Gasteiger partial charge on any atom is 0.341 e. The molecule has 0 unspecified atom stereocenters. The lowest BCUT2D eigenvalue weighted by Crippen LogP contribution is -2.14. The molecule has 9 nitrogen and oxygen atoms in total. The van der Waals surface area contributed by atoms with Gasteiger partial charge in [0.15, 0.2) is 0 Å². The summed E-state index contributed by atoms with van der Waals surface area (Å²) in [7, 11) is 2.71. The van der Waals surface area contributed by atoms with Crippen LogP contribution in [0.4, 0.5) is 10.0 Å². The molecule has 0 bridgehead atoms. The lowest BCUT2D eigenvalue weighted by molar-refractivity contribution is 0.0592. The number of thiophene rings is 2. The van der Waals surface area contributed by atoms with Gasteiger partial charge in [-0.15, -0.1) is 22.7 Å². The van der Waals surface area contributed by atoms with Gasteiger partial charge in [0.05, 0.1) is 25.3 Å². The van der Waals surface area contributed by atoms with Gasteiger partial charge in [-0.1, -0.05) is 12.8 Å². The quantitative estimate of drug-likeness (QED) is 0.143. The molecule has 0 spiro atoms. The van der Waals surface area contributed by atoms with Crippen molar-refractivity contribution in [2.75, 3.05) is 24.9 Å². The maximum atomic E-state index is 13.1. The molecule has 0 radical (unpaired) electrons. The minimum atomic E-state index is -0.432. The summed E-state index contributed by atoms with van der Waals surface area (Å²) in [5.74, 6) is -0.492. The predicted octanol–water partition coefficient (Wildman–Crippen LogP) is 8.22. The molecule has 2 N–H and O–H groups in total. The number of benzene rings is 2. The normalized spacial score (nSPS) is 14.1. The van der Waals surface area contributed by atoms with Gasteiger partial charge in [0, 0.05) is 20.9 Å². The number of anilines is 2. The first-order chi connectivity index (χ1) is 22.9. The molecule has 0 saturated carbocycles. The number of methoxy groups -OCH3 is 2. The van der Waals surface area contributed by atoms with Gasteiger partial charge in [-0.3, -0.25) is 9.59 Å². The zero-order chi connectivity index (χ0) is 32.9. The molecule has 0 saturated heterocycles. The molecule has 0 atom stereocenters. The third-order valence-corrected chi connectivity index (χ3v) is 11.0. The second-order valence-corrected chi connectivity index (χ2v) is 13.8. The minimum absolute atomic E-state index is 0.328. The molecule has 2 aliphatic carbocycles. The van der Waals surface area contributed by atoms with Gasteiger partial charge in [-0.25, -0.2) is 9.59 Å². The van der Waals surface area contributed by atoms with Gasteiger partial charge in [-0.05, 0) is 111 Å². The third-order valence-electron chi connectivity index (χ3n) is 8.54. The summed E-state index contributed by atoms with van der Waals surface area (Å²) in [6.45, 7) is 0. The van der Waals surface area contributed by atoms with Crippen molar-refractivity contribution in [2.24, 2.45) is 0 Å². The van der Waals surface area contributed by atoms with Gasteiger partial charge in [0.1, 0.15) is 21.5 Å². The smallest absolute Gasteiger partial charge is 0.341 e. The van der Waals surface area contributed by atoms with Crippen LogP contribution in [0.15, 0.2) is 48.5 Å². The van der Waals surface area contributed by atoms with E-state index < -0.39 is 11.9 Å². The summed E-state index contributed by atoms with van der Waals surface area (Å²) in [5, 5.41) is 6.90. The molecule has 244 valence electrons. The van der Waals surface area contributed by atoms with E-state index in [1.807, 2.05) is 0 Å². The highest BCUT2D eigenvalue weighted by molar-refractivity contribution is 7.17. The number of rotatable bonds is 8. The zero-order valence-electron chi connectivity index (χ0n) is 26.4. The predicted molar refractivity (Wildman–Crippen MR) is 183 cm³/mol. The summed E-state index contributed by atoms with van der Waals surface area (Å²) < 4.78 is 16.1. The summed E-state index contributed by atoms with van der Waals surface area (Å²) in [6.07, 6.45) is 9.77. The number of ether oxygens (including phenoxy) is 3. The molecule has 47 heavy (non-hydrogen) atoms. The first kappa shape index (κ1) is 32.5. The van der Waals surface area contributed by atoms with E-state index >= 15 is 0 Å². The first-order valence-corrected chi connectivity index (χ1v) is 17.5. The van der Waals surface area contributed by atoms with Crippen molar-refractivity contribution >= 4 is 56.4 Å². The van der Waals surface area contributed by atoms with Gasteiger partial charge < -0.3 is 24.8 Å². The monoisotopic (exact) mass is 672 g/mol. The molecule has 0 fully saturated rings. The largest absolute Gasteiger partial charge is 0.465 e. The number of carbonyl (C=O) groups is 4.